The highest BCUT2D eigenvalue weighted by atomic mass is 35.5. The number of hydrogen-bond donors (Lipinski definition) is 1. The summed E-state index contributed by atoms with van der Waals surface area (Å²) in [6.45, 7) is 2.07. The van der Waals surface area contributed by atoms with E-state index < -0.39 is 0 Å². The van der Waals surface area contributed by atoms with Gasteiger partial charge < -0.3 is 5.32 Å². The summed E-state index contributed by atoms with van der Waals surface area (Å²) < 4.78 is 1.50. The summed E-state index contributed by atoms with van der Waals surface area (Å²) in [6, 6.07) is 4.89. The number of thioether (sulfide) groups is 2. The van der Waals surface area contributed by atoms with E-state index in [1.54, 1.807) is 37.0 Å². The Hall–Kier alpha value is -1.15. The Balaban J connectivity index is 1.68. The quantitative estimate of drug-likeness (QED) is 0.606. The summed E-state index contributed by atoms with van der Waals surface area (Å²) in [6.07, 6.45) is 0.777. The fraction of sp³-hybridized carbons (Fsp3) is 0.312. The number of carbonyl (C=O) groups excluding carboxylic acids is 1. The van der Waals surface area contributed by atoms with E-state index in [9.17, 15) is 9.59 Å². The van der Waals surface area contributed by atoms with Crippen LogP contribution in [0.5, 0.6) is 0 Å². The van der Waals surface area contributed by atoms with E-state index in [4.69, 9.17) is 23.2 Å². The van der Waals surface area contributed by atoms with E-state index >= 15 is 0 Å². The van der Waals surface area contributed by atoms with Crippen LogP contribution in [0.15, 0.2) is 33.0 Å². The lowest BCUT2D eigenvalue weighted by Gasteiger charge is -2.10. The number of nitrogens with one attached hydrogen (secondary N) is 1. The molecule has 2 aromatic rings. The van der Waals surface area contributed by atoms with Crippen LogP contribution in [-0.2, 0) is 18.3 Å². The van der Waals surface area contributed by atoms with Gasteiger partial charge in [0.1, 0.15) is 0 Å². The molecule has 0 bridgehead atoms. The van der Waals surface area contributed by atoms with Crippen LogP contribution in [-0.4, -0.2) is 26.5 Å². The van der Waals surface area contributed by atoms with E-state index in [2.05, 4.69) is 17.2 Å². The Bertz CT molecular complexity index is 902. The molecule has 0 fully saturated rings. The molecular weight excluding hydrogens is 401 g/mol. The van der Waals surface area contributed by atoms with Crippen molar-refractivity contribution in [1.82, 2.24) is 9.55 Å². The van der Waals surface area contributed by atoms with Crippen molar-refractivity contribution >= 4 is 58.3 Å². The van der Waals surface area contributed by atoms with Crippen LogP contribution in [0.1, 0.15) is 12.6 Å². The highest BCUT2D eigenvalue weighted by Crippen LogP contribution is 2.34. The van der Waals surface area contributed by atoms with Gasteiger partial charge in [-0.15, -0.1) is 11.8 Å². The van der Waals surface area contributed by atoms with Crippen LogP contribution >= 0.6 is 46.7 Å². The molecule has 1 N–H and O–H groups in total. The Morgan fingerprint density at radius 2 is 2.20 bits per heavy atom. The van der Waals surface area contributed by atoms with Crippen LogP contribution in [0.2, 0.25) is 10.0 Å². The normalized spacial score (nSPS) is 15.9. The smallest absolute Gasteiger partial charge is 0.267 e. The van der Waals surface area contributed by atoms with Gasteiger partial charge in [0, 0.05) is 24.4 Å². The zero-order chi connectivity index (χ0) is 18.1. The Kier molecular flexibility index (Phi) is 5.68. The average molecular weight is 416 g/mol. The first kappa shape index (κ1) is 18.6. The van der Waals surface area contributed by atoms with Crippen molar-refractivity contribution in [3.8, 4) is 0 Å². The van der Waals surface area contributed by atoms with Crippen molar-refractivity contribution in [3.05, 3.63) is 44.3 Å². The van der Waals surface area contributed by atoms with Crippen LogP contribution in [0.4, 0.5) is 5.69 Å². The van der Waals surface area contributed by atoms with Gasteiger partial charge in [0.05, 0.1) is 26.4 Å². The molecule has 0 spiro atoms. The number of benzene rings is 1. The predicted octanol–water partition coefficient (Wildman–Crippen LogP) is 3.85. The van der Waals surface area contributed by atoms with Gasteiger partial charge in [-0.3, -0.25) is 14.2 Å². The molecule has 1 amide bonds. The lowest BCUT2D eigenvalue weighted by atomic mass is 10.2. The third-order valence-electron chi connectivity index (χ3n) is 3.61. The fourth-order valence-corrected chi connectivity index (χ4v) is 4.63. The number of halogens is 2. The Labute approximate surface area is 163 Å². The minimum atomic E-state index is -0.208. The van der Waals surface area contributed by atoms with Crippen LogP contribution in [0.25, 0.3) is 0 Å². The van der Waals surface area contributed by atoms with E-state index in [0.717, 1.165) is 17.0 Å². The molecule has 1 aliphatic heterocycles. The number of fused-ring (bicyclic) bond motifs is 1. The number of amides is 1. The predicted molar refractivity (Wildman–Crippen MR) is 104 cm³/mol. The van der Waals surface area contributed by atoms with E-state index in [-0.39, 0.29) is 17.2 Å². The van der Waals surface area contributed by atoms with Crippen LogP contribution in [0.3, 0.4) is 0 Å². The summed E-state index contributed by atoms with van der Waals surface area (Å²) in [5.74, 6) is -0.0666. The van der Waals surface area contributed by atoms with Crippen molar-refractivity contribution in [2.75, 3.05) is 11.1 Å². The van der Waals surface area contributed by atoms with Crippen LogP contribution in [0, 0.1) is 0 Å². The highest BCUT2D eigenvalue weighted by Gasteiger charge is 2.25. The van der Waals surface area contributed by atoms with Gasteiger partial charge >= 0.3 is 0 Å². The second-order valence-electron chi connectivity index (χ2n) is 5.63. The van der Waals surface area contributed by atoms with Gasteiger partial charge in [-0.05, 0) is 18.2 Å². The molecule has 25 heavy (non-hydrogen) atoms. The molecule has 9 heteroatoms. The number of hydrogen-bond acceptors (Lipinski definition) is 5. The lowest BCUT2D eigenvalue weighted by molar-refractivity contribution is -0.113. The summed E-state index contributed by atoms with van der Waals surface area (Å²) in [7, 11) is 1.68. The van der Waals surface area contributed by atoms with Gasteiger partial charge in [-0.25, -0.2) is 4.98 Å². The molecule has 132 valence electrons. The highest BCUT2D eigenvalue weighted by molar-refractivity contribution is 8.00. The molecule has 2 heterocycles. The van der Waals surface area contributed by atoms with E-state index in [1.807, 2.05) is 0 Å². The molecule has 0 radical (unpaired) electrons. The fourth-order valence-electron chi connectivity index (χ4n) is 2.41. The maximum absolute atomic E-state index is 12.4. The van der Waals surface area contributed by atoms with Crippen molar-refractivity contribution in [2.45, 2.75) is 28.6 Å². The molecule has 1 atom stereocenters. The Morgan fingerprint density at radius 1 is 1.44 bits per heavy atom. The molecule has 0 unspecified atom stereocenters. The first-order valence-electron chi connectivity index (χ1n) is 7.49. The third kappa shape index (κ3) is 4.16. The number of anilines is 1. The largest absolute Gasteiger partial charge is 0.325 e. The number of carbonyl (C=O) groups is 1. The number of rotatable bonds is 4. The number of aromatic nitrogens is 2. The Morgan fingerprint density at radius 3 is 2.92 bits per heavy atom. The number of nitrogens with zero attached hydrogens (tertiary/aromatic N) is 2. The first-order valence-corrected chi connectivity index (χ1v) is 10.1. The molecule has 3 rings (SSSR count). The van der Waals surface area contributed by atoms with Crippen molar-refractivity contribution < 1.29 is 4.79 Å². The van der Waals surface area contributed by atoms with Crippen molar-refractivity contribution in [3.63, 3.8) is 0 Å². The third-order valence-corrected chi connectivity index (χ3v) is 6.60. The summed E-state index contributed by atoms with van der Waals surface area (Å²) in [5.41, 5.74) is 1.35. The van der Waals surface area contributed by atoms with E-state index in [1.165, 1.54) is 16.3 Å². The molecule has 1 aromatic carbocycles. The molecule has 5 nitrogen and oxygen atoms in total. The zero-order valence-electron chi connectivity index (χ0n) is 13.5. The standard InChI is InChI=1S/C16H15Cl2N3O2S2/c1-8-5-12-14(25-8)15(23)21(2)16(20-12)24-7-13(22)19-9-3-4-10(17)11(18)6-9/h3-4,6,8H,5,7H2,1-2H3,(H,19,22)/t8-/m1/s1. The molecule has 0 saturated heterocycles. The molecular formula is C16H15Cl2N3O2S2. The second-order valence-corrected chi connectivity index (χ2v) is 8.84. The molecule has 0 aliphatic carbocycles. The monoisotopic (exact) mass is 415 g/mol. The summed E-state index contributed by atoms with van der Waals surface area (Å²) >= 11 is 14.6. The van der Waals surface area contributed by atoms with Gasteiger partial charge in [-0.1, -0.05) is 41.9 Å². The average Bonchev–Trinajstić information content (AvgIpc) is 2.94. The molecule has 1 aromatic heterocycles. The maximum atomic E-state index is 12.4. The van der Waals surface area contributed by atoms with Gasteiger partial charge in [0.15, 0.2) is 5.16 Å². The van der Waals surface area contributed by atoms with Gasteiger partial charge in [0.2, 0.25) is 5.91 Å². The van der Waals surface area contributed by atoms with Gasteiger partial charge in [0.25, 0.3) is 5.56 Å². The van der Waals surface area contributed by atoms with Crippen molar-refractivity contribution in [1.29, 1.82) is 0 Å². The molecule has 0 saturated carbocycles. The van der Waals surface area contributed by atoms with E-state index in [0.29, 0.717) is 26.1 Å². The van der Waals surface area contributed by atoms with Crippen molar-refractivity contribution in [2.24, 2.45) is 7.05 Å². The SMILES string of the molecule is C[C@@H]1Cc2nc(SCC(=O)Nc3ccc(Cl)c(Cl)c3)n(C)c(=O)c2S1. The van der Waals surface area contributed by atoms with Crippen LogP contribution < -0.4 is 10.9 Å². The summed E-state index contributed by atoms with van der Waals surface area (Å²) in [5, 5.41) is 4.46. The first-order chi connectivity index (χ1) is 11.8. The second kappa shape index (κ2) is 7.61. The maximum Gasteiger partial charge on any atom is 0.267 e. The topological polar surface area (TPSA) is 64.0 Å². The van der Waals surface area contributed by atoms with Gasteiger partial charge in [-0.2, -0.15) is 0 Å². The molecule has 1 aliphatic rings. The minimum Gasteiger partial charge on any atom is -0.325 e. The summed E-state index contributed by atoms with van der Waals surface area (Å²) in [4.78, 5) is 29.8. The zero-order valence-corrected chi connectivity index (χ0v) is 16.7. The minimum absolute atomic E-state index is 0.0493. The lowest BCUT2D eigenvalue weighted by Crippen LogP contribution is -2.23.